The molecule has 1 heteroatoms. The number of nitrogens with zero attached hydrogens (tertiary/aromatic N) is 1. The summed E-state index contributed by atoms with van der Waals surface area (Å²) in [6.07, 6.45) is 16.1. The third kappa shape index (κ3) is 2.10. The first-order valence-corrected chi connectivity index (χ1v) is 9.88. The van der Waals surface area contributed by atoms with Crippen molar-refractivity contribution in [1.82, 2.24) is 4.98 Å². The van der Waals surface area contributed by atoms with Crippen molar-refractivity contribution in [3.63, 3.8) is 0 Å². The normalized spacial score (nSPS) is 23.7. The van der Waals surface area contributed by atoms with E-state index in [9.17, 15) is 0 Å². The molecule has 3 aliphatic carbocycles. The molecular formula is C23H27N. The van der Waals surface area contributed by atoms with Crippen molar-refractivity contribution < 1.29 is 0 Å². The van der Waals surface area contributed by atoms with E-state index in [4.69, 9.17) is 0 Å². The van der Waals surface area contributed by atoms with E-state index in [1.54, 1.807) is 11.1 Å². The number of hydrogen-bond acceptors (Lipinski definition) is 1. The summed E-state index contributed by atoms with van der Waals surface area (Å²) < 4.78 is 0. The zero-order valence-corrected chi connectivity index (χ0v) is 14.6. The van der Waals surface area contributed by atoms with Crippen LogP contribution in [-0.2, 0) is 10.8 Å². The van der Waals surface area contributed by atoms with Crippen molar-refractivity contribution in [2.45, 2.75) is 75.0 Å². The van der Waals surface area contributed by atoms with Crippen LogP contribution in [0, 0.1) is 0 Å². The van der Waals surface area contributed by atoms with Crippen LogP contribution in [0.4, 0.5) is 0 Å². The molecule has 0 aliphatic heterocycles. The van der Waals surface area contributed by atoms with Gasteiger partial charge in [0.25, 0.3) is 0 Å². The summed E-state index contributed by atoms with van der Waals surface area (Å²) in [5.41, 5.74) is 6.85. The monoisotopic (exact) mass is 317 g/mol. The Hall–Kier alpha value is -1.63. The molecule has 1 heterocycles. The Morgan fingerprint density at radius 1 is 0.667 bits per heavy atom. The number of rotatable bonds is 1. The van der Waals surface area contributed by atoms with Gasteiger partial charge in [0.2, 0.25) is 0 Å². The lowest BCUT2D eigenvalue weighted by Crippen LogP contribution is -2.37. The molecule has 2 saturated carbocycles. The van der Waals surface area contributed by atoms with Gasteiger partial charge in [-0.2, -0.15) is 0 Å². The van der Waals surface area contributed by atoms with Gasteiger partial charge in [0.1, 0.15) is 0 Å². The molecule has 0 N–H and O–H groups in total. The maximum atomic E-state index is 4.60. The first kappa shape index (κ1) is 14.7. The van der Waals surface area contributed by atoms with E-state index >= 15 is 0 Å². The predicted molar refractivity (Wildman–Crippen MR) is 99.2 cm³/mol. The van der Waals surface area contributed by atoms with Crippen LogP contribution in [0.1, 0.15) is 75.3 Å². The minimum absolute atomic E-state index is 0.480. The molecule has 0 radical (unpaired) electrons. The summed E-state index contributed by atoms with van der Waals surface area (Å²) in [4.78, 5) is 4.60. The molecule has 124 valence electrons. The molecule has 3 aliphatic rings. The van der Waals surface area contributed by atoms with E-state index in [1.807, 2.05) is 12.3 Å². The van der Waals surface area contributed by atoms with E-state index in [-0.39, 0.29) is 0 Å². The van der Waals surface area contributed by atoms with Gasteiger partial charge >= 0.3 is 0 Å². The van der Waals surface area contributed by atoms with Gasteiger partial charge in [-0.25, -0.2) is 0 Å². The summed E-state index contributed by atoms with van der Waals surface area (Å²) in [7, 11) is 0. The number of aromatic nitrogens is 1. The number of pyridine rings is 1. The average Bonchev–Trinajstić information content (AvgIpc) is 3.30. The zero-order chi connectivity index (χ0) is 16.0. The van der Waals surface area contributed by atoms with E-state index in [2.05, 4.69) is 35.3 Å². The average molecular weight is 317 g/mol. The molecular weight excluding hydrogens is 290 g/mol. The number of hydrogen-bond donors (Lipinski definition) is 0. The largest absolute Gasteiger partial charge is 0.256 e. The van der Waals surface area contributed by atoms with E-state index in [0.29, 0.717) is 10.8 Å². The molecule has 0 bridgehead atoms. The van der Waals surface area contributed by atoms with E-state index in [0.717, 1.165) is 5.69 Å². The Morgan fingerprint density at radius 3 is 1.96 bits per heavy atom. The van der Waals surface area contributed by atoms with Crippen molar-refractivity contribution in [3.05, 3.63) is 53.7 Å². The van der Waals surface area contributed by atoms with Crippen LogP contribution in [0.25, 0.3) is 11.3 Å². The lowest BCUT2D eigenvalue weighted by Gasteiger charge is -2.45. The summed E-state index contributed by atoms with van der Waals surface area (Å²) in [6.45, 7) is 0. The van der Waals surface area contributed by atoms with Crippen molar-refractivity contribution in [1.29, 1.82) is 0 Å². The second-order valence-electron chi connectivity index (χ2n) is 8.45. The van der Waals surface area contributed by atoms with E-state index < -0.39 is 0 Å². The maximum Gasteiger partial charge on any atom is 0.0702 e. The van der Waals surface area contributed by atoms with Crippen LogP contribution in [-0.4, -0.2) is 4.98 Å². The Morgan fingerprint density at radius 2 is 1.33 bits per heavy atom. The molecule has 1 aromatic carbocycles. The molecule has 1 nitrogen and oxygen atoms in total. The minimum atomic E-state index is 0.480. The second-order valence-corrected chi connectivity index (χ2v) is 8.45. The highest BCUT2D eigenvalue weighted by atomic mass is 14.7. The molecule has 2 aromatic rings. The first-order chi connectivity index (χ1) is 11.8. The van der Waals surface area contributed by atoms with Gasteiger partial charge in [-0.05, 0) is 78.7 Å². The summed E-state index contributed by atoms with van der Waals surface area (Å²) in [6, 6.07) is 13.6. The minimum Gasteiger partial charge on any atom is -0.256 e. The molecule has 2 spiro atoms. The van der Waals surface area contributed by atoms with Gasteiger partial charge in [0, 0.05) is 11.8 Å². The molecule has 1 aromatic heterocycles. The summed E-state index contributed by atoms with van der Waals surface area (Å²) in [5.74, 6) is 0. The van der Waals surface area contributed by atoms with Crippen LogP contribution in [0.5, 0.6) is 0 Å². The van der Waals surface area contributed by atoms with Crippen molar-refractivity contribution >= 4 is 0 Å². The number of fused-ring (bicyclic) bond motifs is 3. The molecule has 24 heavy (non-hydrogen) atoms. The van der Waals surface area contributed by atoms with Crippen LogP contribution in [0.2, 0.25) is 0 Å². The zero-order valence-electron chi connectivity index (χ0n) is 14.6. The lowest BCUT2D eigenvalue weighted by molar-refractivity contribution is 0.270. The molecule has 0 atom stereocenters. The Bertz CT molecular complexity index is 734. The van der Waals surface area contributed by atoms with Gasteiger partial charge < -0.3 is 0 Å². The molecule has 0 amide bonds. The lowest BCUT2D eigenvalue weighted by atomic mass is 9.58. The first-order valence-electron chi connectivity index (χ1n) is 9.88. The fourth-order valence-corrected chi connectivity index (χ4v) is 6.03. The number of benzene rings is 1. The van der Waals surface area contributed by atoms with Crippen LogP contribution in [0.15, 0.2) is 42.6 Å². The smallest absolute Gasteiger partial charge is 0.0702 e. The molecule has 2 fully saturated rings. The Kier molecular flexibility index (Phi) is 3.33. The molecule has 5 rings (SSSR count). The highest BCUT2D eigenvalue weighted by Gasteiger charge is 2.48. The van der Waals surface area contributed by atoms with Gasteiger partial charge in [-0.3, -0.25) is 4.98 Å². The molecule has 0 unspecified atom stereocenters. The fourth-order valence-electron chi connectivity index (χ4n) is 6.03. The Labute approximate surface area is 145 Å². The van der Waals surface area contributed by atoms with Gasteiger partial charge in [0.05, 0.1) is 5.69 Å². The highest BCUT2D eigenvalue weighted by molar-refractivity contribution is 5.63. The third-order valence-electron chi connectivity index (χ3n) is 7.33. The van der Waals surface area contributed by atoms with Crippen molar-refractivity contribution in [3.8, 4) is 11.3 Å². The van der Waals surface area contributed by atoms with E-state index in [1.165, 1.54) is 69.8 Å². The standard InChI is InChI=1S/C23H27N/c1-6-16-24-21(7-1)18-8-9-19-20(17-18)23(12-4-5-13-23)15-14-22(19)10-2-3-11-22/h1,6-9,16-17H,2-5,10-15H2. The predicted octanol–water partition coefficient (Wildman–Crippen LogP) is 6.17. The fraction of sp³-hybridized carbons (Fsp3) is 0.522. The van der Waals surface area contributed by atoms with Gasteiger partial charge in [-0.1, -0.05) is 43.9 Å². The van der Waals surface area contributed by atoms with Crippen molar-refractivity contribution in [2.75, 3.05) is 0 Å². The SMILES string of the molecule is c1ccc(-c2ccc3c(c2)C2(CCCC2)CCC32CCCC2)nc1. The molecule has 0 saturated heterocycles. The van der Waals surface area contributed by atoms with Crippen LogP contribution < -0.4 is 0 Å². The van der Waals surface area contributed by atoms with Crippen molar-refractivity contribution in [2.24, 2.45) is 0 Å². The Balaban J connectivity index is 1.68. The third-order valence-corrected chi connectivity index (χ3v) is 7.33. The van der Waals surface area contributed by atoms with Gasteiger partial charge in [-0.15, -0.1) is 0 Å². The van der Waals surface area contributed by atoms with Crippen LogP contribution in [0.3, 0.4) is 0 Å². The quantitative estimate of drug-likeness (QED) is 0.613. The maximum absolute atomic E-state index is 4.60. The second kappa shape index (κ2) is 5.44. The topological polar surface area (TPSA) is 12.9 Å². The summed E-state index contributed by atoms with van der Waals surface area (Å²) in [5, 5.41) is 0. The summed E-state index contributed by atoms with van der Waals surface area (Å²) >= 11 is 0. The van der Waals surface area contributed by atoms with Crippen LogP contribution >= 0.6 is 0 Å². The van der Waals surface area contributed by atoms with Gasteiger partial charge in [0.15, 0.2) is 0 Å². The highest BCUT2D eigenvalue weighted by Crippen LogP contribution is 2.58.